The van der Waals surface area contributed by atoms with Gasteiger partial charge in [0.1, 0.15) is 11.4 Å². The van der Waals surface area contributed by atoms with E-state index < -0.39 is 0 Å². The summed E-state index contributed by atoms with van der Waals surface area (Å²) in [5.74, 6) is 0.534. The molecule has 1 atom stereocenters. The van der Waals surface area contributed by atoms with Gasteiger partial charge in [0.2, 0.25) is 0 Å². The van der Waals surface area contributed by atoms with E-state index in [4.69, 9.17) is 21.7 Å². The van der Waals surface area contributed by atoms with Crippen molar-refractivity contribution in [1.82, 2.24) is 5.32 Å². The van der Waals surface area contributed by atoms with Crippen LogP contribution in [-0.2, 0) is 4.74 Å². The Kier molecular flexibility index (Phi) is 5.89. The normalized spacial score (nSPS) is 17.1. The van der Waals surface area contributed by atoms with Gasteiger partial charge in [0.05, 0.1) is 18.2 Å². The van der Waals surface area contributed by atoms with Crippen molar-refractivity contribution in [2.24, 2.45) is 0 Å². The Balaban J connectivity index is 1.74. The van der Waals surface area contributed by atoms with Gasteiger partial charge in [-0.1, -0.05) is 23.8 Å². The van der Waals surface area contributed by atoms with E-state index in [1.165, 1.54) is 5.56 Å². The lowest BCUT2D eigenvalue weighted by atomic mass is 9.89. The number of rotatable bonds is 4. The number of hydrogen-bond donors (Lipinski definition) is 2. The number of benzene rings is 2. The van der Waals surface area contributed by atoms with Gasteiger partial charge in [0, 0.05) is 17.7 Å². The quantitative estimate of drug-likeness (QED) is 0.572. The zero-order chi connectivity index (χ0) is 20.3. The molecule has 0 bridgehead atoms. The molecule has 0 spiro atoms. The molecule has 6 heteroatoms. The molecule has 5 nitrogen and oxygen atoms in total. The minimum absolute atomic E-state index is 0.0342. The summed E-state index contributed by atoms with van der Waals surface area (Å²) in [5, 5.41) is 7.07. The van der Waals surface area contributed by atoms with Gasteiger partial charge >= 0.3 is 5.97 Å². The second-order valence-electron chi connectivity index (χ2n) is 7.56. The van der Waals surface area contributed by atoms with E-state index in [-0.39, 0.29) is 17.6 Å². The smallest absolute Gasteiger partial charge is 0.338 e. The van der Waals surface area contributed by atoms with Gasteiger partial charge in [-0.05, 0) is 64.2 Å². The number of esters is 1. The summed E-state index contributed by atoms with van der Waals surface area (Å²) in [6.45, 7) is 8.34. The monoisotopic (exact) mass is 398 g/mol. The molecule has 2 aromatic rings. The highest BCUT2D eigenvalue weighted by molar-refractivity contribution is 7.80. The summed E-state index contributed by atoms with van der Waals surface area (Å²) in [7, 11) is 0. The standard InChI is InChI=1S/C22H26N2O3S/c1-5-26-20(25)15-7-6-8-16(12-15)23-21(28)24-18-13-22(3,4)27-19-10-9-14(2)11-17(18)19/h6-12,18H,5,13H2,1-4H3,(H2,23,24,28)/t18-/m1/s1. The molecule has 0 fully saturated rings. The van der Waals surface area contributed by atoms with Crippen LogP contribution < -0.4 is 15.4 Å². The number of carbonyl (C=O) groups is 1. The van der Waals surface area contributed by atoms with E-state index in [2.05, 4.69) is 43.5 Å². The maximum Gasteiger partial charge on any atom is 0.338 e. The van der Waals surface area contributed by atoms with E-state index in [1.807, 2.05) is 12.1 Å². The summed E-state index contributed by atoms with van der Waals surface area (Å²) in [5.41, 5.74) is 3.21. The molecular weight excluding hydrogens is 372 g/mol. The van der Waals surface area contributed by atoms with Crippen LogP contribution in [-0.4, -0.2) is 23.3 Å². The zero-order valence-corrected chi connectivity index (χ0v) is 17.5. The van der Waals surface area contributed by atoms with E-state index in [1.54, 1.807) is 25.1 Å². The van der Waals surface area contributed by atoms with Crippen molar-refractivity contribution in [2.45, 2.75) is 45.8 Å². The minimum atomic E-state index is -0.347. The second kappa shape index (κ2) is 8.19. The van der Waals surface area contributed by atoms with Gasteiger partial charge in [-0.25, -0.2) is 4.79 Å². The Hall–Kier alpha value is -2.60. The van der Waals surface area contributed by atoms with Crippen molar-refractivity contribution < 1.29 is 14.3 Å². The third-order valence-electron chi connectivity index (χ3n) is 4.56. The molecule has 1 aliphatic rings. The molecule has 3 rings (SSSR count). The molecule has 0 radical (unpaired) electrons. The summed E-state index contributed by atoms with van der Waals surface area (Å²) in [6, 6.07) is 13.3. The van der Waals surface area contributed by atoms with Crippen LogP contribution in [0.5, 0.6) is 5.75 Å². The Morgan fingerprint density at radius 3 is 2.82 bits per heavy atom. The third-order valence-corrected chi connectivity index (χ3v) is 4.78. The van der Waals surface area contributed by atoms with Gasteiger partial charge in [-0.3, -0.25) is 0 Å². The van der Waals surface area contributed by atoms with Crippen molar-refractivity contribution in [1.29, 1.82) is 0 Å². The predicted octanol–water partition coefficient (Wildman–Crippen LogP) is 4.76. The molecule has 0 saturated carbocycles. The van der Waals surface area contributed by atoms with Crippen molar-refractivity contribution in [2.75, 3.05) is 11.9 Å². The average Bonchev–Trinajstić information content (AvgIpc) is 2.62. The van der Waals surface area contributed by atoms with Crippen LogP contribution in [0.3, 0.4) is 0 Å². The summed E-state index contributed by atoms with van der Waals surface area (Å²) in [6.07, 6.45) is 0.786. The van der Waals surface area contributed by atoms with Gasteiger partial charge < -0.3 is 20.1 Å². The lowest BCUT2D eigenvalue weighted by Gasteiger charge is -2.38. The number of thiocarbonyl (C=S) groups is 1. The number of nitrogens with one attached hydrogen (secondary N) is 2. The second-order valence-corrected chi connectivity index (χ2v) is 7.97. The van der Waals surface area contributed by atoms with Crippen LogP contribution in [0.25, 0.3) is 0 Å². The predicted molar refractivity (Wildman–Crippen MR) is 115 cm³/mol. The largest absolute Gasteiger partial charge is 0.487 e. The van der Waals surface area contributed by atoms with Crippen LogP contribution in [0, 0.1) is 6.92 Å². The first-order chi connectivity index (χ1) is 13.3. The number of anilines is 1. The molecule has 2 N–H and O–H groups in total. The number of hydrogen-bond acceptors (Lipinski definition) is 4. The zero-order valence-electron chi connectivity index (χ0n) is 16.7. The van der Waals surface area contributed by atoms with Gasteiger partial charge in [0.15, 0.2) is 5.11 Å². The van der Waals surface area contributed by atoms with Crippen molar-refractivity contribution in [3.05, 3.63) is 59.2 Å². The van der Waals surface area contributed by atoms with E-state index >= 15 is 0 Å². The highest BCUT2D eigenvalue weighted by Crippen LogP contribution is 2.39. The molecule has 0 aliphatic carbocycles. The number of ether oxygens (including phenoxy) is 2. The number of carbonyl (C=O) groups excluding carboxylic acids is 1. The first kappa shape index (κ1) is 20.1. The van der Waals surface area contributed by atoms with Crippen LogP contribution >= 0.6 is 12.2 Å². The molecule has 0 saturated heterocycles. The molecule has 0 amide bonds. The highest BCUT2D eigenvalue weighted by atomic mass is 32.1. The van der Waals surface area contributed by atoms with Crippen LogP contribution in [0.2, 0.25) is 0 Å². The van der Waals surface area contributed by atoms with E-state index in [9.17, 15) is 4.79 Å². The van der Waals surface area contributed by atoms with Crippen molar-refractivity contribution >= 4 is 29.0 Å². The summed E-state index contributed by atoms with van der Waals surface area (Å²) in [4.78, 5) is 11.9. The molecule has 0 aromatic heterocycles. The van der Waals surface area contributed by atoms with Crippen molar-refractivity contribution in [3.63, 3.8) is 0 Å². The SMILES string of the molecule is CCOC(=O)c1cccc(NC(=S)N[C@@H]2CC(C)(C)Oc3ccc(C)cc32)c1. The number of aryl methyl sites for hydroxylation is 1. The molecule has 148 valence electrons. The van der Waals surface area contributed by atoms with Crippen LogP contribution in [0.15, 0.2) is 42.5 Å². The van der Waals surface area contributed by atoms with Gasteiger partial charge in [-0.2, -0.15) is 0 Å². The first-order valence-electron chi connectivity index (χ1n) is 9.41. The van der Waals surface area contributed by atoms with E-state index in [0.29, 0.717) is 17.3 Å². The van der Waals surface area contributed by atoms with Crippen LogP contribution in [0.4, 0.5) is 5.69 Å². The lowest BCUT2D eigenvalue weighted by Crippen LogP contribution is -2.42. The molecule has 1 aliphatic heterocycles. The topological polar surface area (TPSA) is 59.6 Å². The Morgan fingerprint density at radius 2 is 2.07 bits per heavy atom. The van der Waals surface area contributed by atoms with Crippen LogP contribution in [0.1, 0.15) is 54.7 Å². The summed E-state index contributed by atoms with van der Waals surface area (Å²) >= 11 is 5.53. The molecule has 28 heavy (non-hydrogen) atoms. The maximum atomic E-state index is 11.9. The van der Waals surface area contributed by atoms with Crippen molar-refractivity contribution in [3.8, 4) is 5.75 Å². The highest BCUT2D eigenvalue weighted by Gasteiger charge is 2.34. The fraction of sp³-hybridized carbons (Fsp3) is 0.364. The first-order valence-corrected chi connectivity index (χ1v) is 9.82. The lowest BCUT2D eigenvalue weighted by molar-refractivity contribution is 0.0526. The molecular formula is C22H26N2O3S. The Morgan fingerprint density at radius 1 is 1.29 bits per heavy atom. The Bertz CT molecular complexity index is 895. The molecule has 0 unspecified atom stereocenters. The third kappa shape index (κ3) is 4.81. The number of fused-ring (bicyclic) bond motifs is 1. The average molecular weight is 399 g/mol. The van der Waals surface area contributed by atoms with Gasteiger partial charge in [0.25, 0.3) is 0 Å². The van der Waals surface area contributed by atoms with E-state index in [0.717, 1.165) is 23.4 Å². The minimum Gasteiger partial charge on any atom is -0.487 e. The maximum absolute atomic E-state index is 11.9. The Labute approximate surface area is 171 Å². The molecule has 2 aromatic carbocycles. The summed E-state index contributed by atoms with van der Waals surface area (Å²) < 4.78 is 11.2. The fourth-order valence-electron chi connectivity index (χ4n) is 3.37. The fourth-order valence-corrected chi connectivity index (χ4v) is 3.63. The van der Waals surface area contributed by atoms with Gasteiger partial charge in [-0.15, -0.1) is 0 Å². The molecule has 1 heterocycles.